The summed E-state index contributed by atoms with van der Waals surface area (Å²) < 4.78 is 24.7. The van der Waals surface area contributed by atoms with Crippen LogP contribution in [-0.2, 0) is 0 Å². The van der Waals surface area contributed by atoms with Crippen LogP contribution in [0, 0.1) is 0 Å². The molecule has 13 heavy (non-hydrogen) atoms. The molecule has 0 bridgehead atoms. The van der Waals surface area contributed by atoms with E-state index in [0.29, 0.717) is 10.1 Å². The molecule has 0 aliphatic rings. The minimum absolute atomic E-state index is 0.494. The first kappa shape index (κ1) is 10.9. The number of thioether (sulfide) groups is 1. The third kappa shape index (κ3) is 4.59. The van der Waals surface area contributed by atoms with Gasteiger partial charge in [-0.1, -0.05) is 40.8 Å². The molecule has 0 amide bonds. The van der Waals surface area contributed by atoms with Gasteiger partial charge >= 0.3 is 0 Å². The van der Waals surface area contributed by atoms with Crippen LogP contribution in [0.25, 0.3) is 0 Å². The van der Waals surface area contributed by atoms with Gasteiger partial charge in [0.05, 0.1) is 6.20 Å². The van der Waals surface area contributed by atoms with Crippen molar-refractivity contribution in [2.75, 3.05) is 5.75 Å². The van der Waals surface area contributed by atoms with Crippen molar-refractivity contribution in [3.63, 3.8) is 0 Å². The minimum Gasteiger partial charge on any atom is -0.237 e. The average molecular weight is 242 g/mol. The zero-order valence-corrected chi connectivity index (χ0v) is 8.80. The Bertz CT molecular complexity index is 288. The first-order valence-corrected chi connectivity index (χ1v) is 5.55. The van der Waals surface area contributed by atoms with E-state index in [4.69, 9.17) is 11.6 Å². The average Bonchev–Trinajstić information content (AvgIpc) is 2.45. The standard InChI is InChI=1S/C7H6ClF2NS2/c8-5-4-11-7(13-5)12-3-1-2-6(9)10/h1-2,4,6H,3H2. The highest BCUT2D eigenvalue weighted by Crippen LogP contribution is 2.27. The molecule has 6 heteroatoms. The Morgan fingerprint density at radius 3 is 3.00 bits per heavy atom. The van der Waals surface area contributed by atoms with Crippen molar-refractivity contribution in [1.82, 2.24) is 4.98 Å². The summed E-state index contributed by atoms with van der Waals surface area (Å²) in [5, 5.41) is 0. The Morgan fingerprint density at radius 2 is 2.46 bits per heavy atom. The summed E-state index contributed by atoms with van der Waals surface area (Å²) in [7, 11) is 0. The SMILES string of the molecule is FC(F)C=CCSc1ncc(Cl)s1. The summed E-state index contributed by atoms with van der Waals surface area (Å²) in [6, 6.07) is 0. The number of allylic oxidation sites excluding steroid dienone is 1. The quantitative estimate of drug-likeness (QED) is 0.589. The monoisotopic (exact) mass is 241 g/mol. The van der Waals surface area contributed by atoms with Gasteiger partial charge in [0.25, 0.3) is 6.43 Å². The van der Waals surface area contributed by atoms with E-state index in [1.807, 2.05) is 0 Å². The van der Waals surface area contributed by atoms with Crippen LogP contribution >= 0.6 is 34.7 Å². The molecule has 0 aliphatic carbocycles. The molecular formula is C7H6ClF2NS2. The van der Waals surface area contributed by atoms with Crippen molar-refractivity contribution in [1.29, 1.82) is 0 Å². The Morgan fingerprint density at radius 1 is 1.69 bits per heavy atom. The van der Waals surface area contributed by atoms with Gasteiger partial charge in [-0.3, -0.25) is 0 Å². The second-order valence-electron chi connectivity index (χ2n) is 2.00. The molecule has 0 aromatic carbocycles. The van der Waals surface area contributed by atoms with E-state index in [2.05, 4.69) is 4.98 Å². The molecule has 1 aromatic rings. The van der Waals surface area contributed by atoms with Gasteiger partial charge in [-0.05, 0) is 6.08 Å². The van der Waals surface area contributed by atoms with Crippen molar-refractivity contribution in [3.05, 3.63) is 22.7 Å². The number of alkyl halides is 2. The van der Waals surface area contributed by atoms with Gasteiger partial charge in [0.15, 0.2) is 4.34 Å². The summed E-state index contributed by atoms with van der Waals surface area (Å²) in [6.45, 7) is 0. The molecular weight excluding hydrogens is 236 g/mol. The zero-order chi connectivity index (χ0) is 9.68. The number of nitrogens with zero attached hydrogens (tertiary/aromatic N) is 1. The maximum atomic E-state index is 11.6. The van der Waals surface area contributed by atoms with Crippen LogP contribution in [0.1, 0.15) is 0 Å². The van der Waals surface area contributed by atoms with E-state index >= 15 is 0 Å². The lowest BCUT2D eigenvalue weighted by Gasteiger charge is -1.89. The summed E-state index contributed by atoms with van der Waals surface area (Å²) in [5.41, 5.74) is 0. The molecule has 0 unspecified atom stereocenters. The lowest BCUT2D eigenvalue weighted by atomic mass is 10.5. The summed E-state index contributed by atoms with van der Waals surface area (Å²) in [4.78, 5) is 3.96. The predicted octanol–water partition coefficient (Wildman–Crippen LogP) is 3.71. The van der Waals surface area contributed by atoms with Crippen LogP contribution in [0.15, 0.2) is 22.7 Å². The van der Waals surface area contributed by atoms with Crippen LogP contribution in [-0.4, -0.2) is 17.2 Å². The molecule has 1 aromatic heterocycles. The molecule has 0 aliphatic heterocycles. The fourth-order valence-electron chi connectivity index (χ4n) is 0.584. The zero-order valence-electron chi connectivity index (χ0n) is 6.41. The smallest absolute Gasteiger partial charge is 0.237 e. The molecule has 0 N–H and O–H groups in total. The van der Waals surface area contributed by atoms with Crippen molar-refractivity contribution in [2.45, 2.75) is 10.8 Å². The van der Waals surface area contributed by atoms with Gasteiger partial charge in [-0.15, -0.1) is 0 Å². The van der Waals surface area contributed by atoms with E-state index in [1.165, 1.54) is 29.2 Å². The van der Waals surface area contributed by atoms with Gasteiger partial charge in [-0.25, -0.2) is 13.8 Å². The Hall–Kier alpha value is -0.130. The van der Waals surface area contributed by atoms with Gasteiger partial charge in [0.1, 0.15) is 4.34 Å². The maximum absolute atomic E-state index is 11.6. The molecule has 1 nitrogen and oxygen atoms in total. The number of aromatic nitrogens is 1. The van der Waals surface area contributed by atoms with Crippen molar-refractivity contribution in [3.8, 4) is 0 Å². The third-order valence-electron chi connectivity index (χ3n) is 1.04. The van der Waals surface area contributed by atoms with E-state index in [9.17, 15) is 8.78 Å². The maximum Gasteiger partial charge on any atom is 0.257 e. The van der Waals surface area contributed by atoms with Gasteiger partial charge < -0.3 is 0 Å². The number of rotatable bonds is 4. The second-order valence-corrected chi connectivity index (χ2v) is 4.93. The van der Waals surface area contributed by atoms with Gasteiger partial charge in [0, 0.05) is 5.75 Å². The predicted molar refractivity (Wildman–Crippen MR) is 53.0 cm³/mol. The Balaban J connectivity index is 2.27. The van der Waals surface area contributed by atoms with Gasteiger partial charge in [0.2, 0.25) is 0 Å². The second kappa shape index (κ2) is 5.57. The normalized spacial score (nSPS) is 11.7. The molecule has 0 radical (unpaired) electrons. The number of thiazole rings is 1. The van der Waals surface area contributed by atoms with E-state index in [-0.39, 0.29) is 0 Å². The van der Waals surface area contributed by atoms with Crippen LogP contribution in [0.3, 0.4) is 0 Å². The van der Waals surface area contributed by atoms with Crippen LogP contribution in [0.5, 0.6) is 0 Å². The van der Waals surface area contributed by atoms with Crippen molar-refractivity contribution < 1.29 is 8.78 Å². The number of halogens is 3. The molecule has 0 atom stereocenters. The van der Waals surface area contributed by atoms with E-state index in [1.54, 1.807) is 6.20 Å². The molecule has 0 saturated heterocycles. The summed E-state index contributed by atoms with van der Waals surface area (Å²) in [6.07, 6.45) is 1.46. The highest BCUT2D eigenvalue weighted by molar-refractivity contribution is 8.01. The minimum atomic E-state index is -2.37. The number of hydrogen-bond donors (Lipinski definition) is 0. The van der Waals surface area contributed by atoms with Crippen LogP contribution in [0.4, 0.5) is 8.78 Å². The van der Waals surface area contributed by atoms with Crippen LogP contribution < -0.4 is 0 Å². The topological polar surface area (TPSA) is 12.9 Å². The lowest BCUT2D eigenvalue weighted by Crippen LogP contribution is -1.81. The molecule has 1 heterocycles. The first-order chi connectivity index (χ1) is 6.18. The molecule has 0 fully saturated rings. The molecule has 1 rings (SSSR count). The van der Waals surface area contributed by atoms with Crippen molar-refractivity contribution >= 4 is 34.7 Å². The highest BCUT2D eigenvalue weighted by Gasteiger charge is 1.98. The van der Waals surface area contributed by atoms with E-state index in [0.717, 1.165) is 10.4 Å². The molecule has 0 saturated carbocycles. The Labute approximate surface area is 87.8 Å². The highest BCUT2D eigenvalue weighted by atomic mass is 35.5. The fraction of sp³-hybridized carbons (Fsp3) is 0.286. The summed E-state index contributed by atoms with van der Waals surface area (Å²) >= 11 is 8.36. The third-order valence-corrected chi connectivity index (χ3v) is 3.27. The van der Waals surface area contributed by atoms with E-state index < -0.39 is 6.43 Å². The molecule has 0 spiro atoms. The largest absolute Gasteiger partial charge is 0.257 e. The van der Waals surface area contributed by atoms with Crippen molar-refractivity contribution in [2.24, 2.45) is 0 Å². The van der Waals surface area contributed by atoms with Crippen LogP contribution in [0.2, 0.25) is 4.34 Å². The molecule has 72 valence electrons. The Kier molecular flexibility index (Phi) is 4.69. The first-order valence-electron chi connectivity index (χ1n) is 3.37. The lowest BCUT2D eigenvalue weighted by molar-refractivity contribution is 0.204. The summed E-state index contributed by atoms with van der Waals surface area (Å²) in [5.74, 6) is 0.494. The number of hydrogen-bond acceptors (Lipinski definition) is 3. The fourth-order valence-corrected chi connectivity index (χ4v) is 2.55. The van der Waals surface area contributed by atoms with Gasteiger partial charge in [-0.2, -0.15) is 0 Å².